The summed E-state index contributed by atoms with van der Waals surface area (Å²) in [6.45, 7) is 13.4. The third-order valence-corrected chi connectivity index (χ3v) is 8.31. The lowest BCUT2D eigenvalue weighted by molar-refractivity contribution is -0.174. The zero-order valence-corrected chi connectivity index (χ0v) is 24.8. The second kappa shape index (κ2) is 14.9. The van der Waals surface area contributed by atoms with Crippen LogP contribution in [0.3, 0.4) is 0 Å². The average Bonchev–Trinajstić information content (AvgIpc) is 2.88. The molecule has 0 aliphatic carbocycles. The average molecular weight is 530 g/mol. The molecule has 6 atom stereocenters. The van der Waals surface area contributed by atoms with Crippen LogP contribution in [-0.4, -0.2) is 60.4 Å². The Kier molecular flexibility index (Phi) is 12.6. The minimum Gasteiger partial charge on any atom is -0.377 e. The summed E-state index contributed by atoms with van der Waals surface area (Å²) in [5.74, 6) is 1.21. The van der Waals surface area contributed by atoms with Crippen LogP contribution in [0.1, 0.15) is 92.9 Å². The molecule has 6 heteroatoms. The van der Waals surface area contributed by atoms with Gasteiger partial charge in [0.2, 0.25) is 6.41 Å². The molecule has 1 amide bonds. The number of Topliss-reactive ketones (excluding diaryl/α,β-unsaturated/α-hetero) is 1. The molecule has 2 saturated heterocycles. The summed E-state index contributed by atoms with van der Waals surface area (Å²) in [5.41, 5.74) is -0.470. The summed E-state index contributed by atoms with van der Waals surface area (Å²) in [6, 6.07) is 0. The number of hydrogen-bond donors (Lipinski definition) is 0. The van der Waals surface area contributed by atoms with Crippen LogP contribution in [0.25, 0.3) is 0 Å². The first-order valence-corrected chi connectivity index (χ1v) is 14.4. The van der Waals surface area contributed by atoms with Crippen LogP contribution in [0.5, 0.6) is 0 Å². The molecular weight excluding hydrogens is 478 g/mol. The number of rotatable bonds is 14. The van der Waals surface area contributed by atoms with Crippen LogP contribution in [0.4, 0.5) is 0 Å². The number of ketones is 1. The minimum absolute atomic E-state index is 0.0149. The van der Waals surface area contributed by atoms with E-state index in [0.29, 0.717) is 37.6 Å². The van der Waals surface area contributed by atoms with Crippen molar-refractivity contribution in [2.24, 2.45) is 17.8 Å². The molecule has 214 valence electrons. The van der Waals surface area contributed by atoms with Gasteiger partial charge in [0.25, 0.3) is 0 Å². The molecule has 0 saturated carbocycles. The van der Waals surface area contributed by atoms with Crippen molar-refractivity contribution in [3.63, 3.8) is 0 Å². The van der Waals surface area contributed by atoms with E-state index >= 15 is 0 Å². The normalized spacial score (nSPS) is 30.6. The fourth-order valence-corrected chi connectivity index (χ4v) is 5.97. The molecule has 0 bridgehead atoms. The lowest BCUT2D eigenvalue weighted by Crippen LogP contribution is -2.56. The molecule has 6 nitrogen and oxygen atoms in total. The number of aldehydes is 1. The van der Waals surface area contributed by atoms with E-state index < -0.39 is 17.2 Å². The molecule has 0 spiro atoms. The van der Waals surface area contributed by atoms with Crippen LogP contribution in [0.15, 0.2) is 36.0 Å². The third-order valence-electron chi connectivity index (χ3n) is 8.31. The smallest absolute Gasteiger partial charge is 0.210 e. The van der Waals surface area contributed by atoms with Gasteiger partial charge in [-0.05, 0) is 75.7 Å². The summed E-state index contributed by atoms with van der Waals surface area (Å²) < 4.78 is 12.4. The van der Waals surface area contributed by atoms with Gasteiger partial charge in [-0.3, -0.25) is 9.59 Å². The molecule has 2 aliphatic rings. The number of piperidine rings is 1. The van der Waals surface area contributed by atoms with Gasteiger partial charge in [-0.2, -0.15) is 0 Å². The fraction of sp³-hybridized carbons (Fsp3) is 0.719. The largest absolute Gasteiger partial charge is 0.377 e. The molecule has 4 unspecified atom stereocenters. The predicted octanol–water partition coefficient (Wildman–Crippen LogP) is 6.25. The van der Waals surface area contributed by atoms with Crippen LogP contribution in [0, 0.1) is 17.8 Å². The van der Waals surface area contributed by atoms with Gasteiger partial charge < -0.3 is 19.2 Å². The molecule has 0 aromatic heterocycles. The summed E-state index contributed by atoms with van der Waals surface area (Å²) in [4.78, 5) is 38.8. The minimum atomic E-state index is -1.05. The van der Waals surface area contributed by atoms with Gasteiger partial charge in [0.05, 0.1) is 11.7 Å². The number of hydrogen-bond acceptors (Lipinski definition) is 5. The van der Waals surface area contributed by atoms with Crippen molar-refractivity contribution in [2.75, 3.05) is 13.7 Å². The maximum Gasteiger partial charge on any atom is 0.210 e. The van der Waals surface area contributed by atoms with Gasteiger partial charge in [-0.15, -0.1) is 0 Å². The highest BCUT2D eigenvalue weighted by Gasteiger charge is 2.46. The van der Waals surface area contributed by atoms with Crippen LogP contribution < -0.4 is 0 Å². The zero-order chi connectivity index (χ0) is 28.3. The molecular formula is C32H51NO5. The van der Waals surface area contributed by atoms with E-state index in [-0.39, 0.29) is 24.2 Å². The third kappa shape index (κ3) is 9.01. The lowest BCUT2D eigenvalue weighted by Gasteiger charge is -2.45. The number of allylic oxidation sites excluding steroid dienone is 5. The molecule has 2 fully saturated rings. The number of carbonyl (C=O) groups is 3. The van der Waals surface area contributed by atoms with E-state index in [1.165, 1.54) is 11.3 Å². The second-order valence-electron chi connectivity index (χ2n) is 12.3. The monoisotopic (exact) mass is 529 g/mol. The number of nitrogens with zero attached hydrogens (tertiary/aromatic N) is 1. The standard InChI is InChI=1S/C32H51NO5/c1-24(2)19-25(3)13-9-8-10-14-26(4)29(37-7)21-31(6)17-15-27(5)30(38-31)28(36)20-32(22-34)16-11-12-18-33(32)23-35/h8-10,13-14,22-25,27,29-30H,11-12,15-21H2,1-7H3/b10-8+,13-9+,26-14+/t25?,27-,29?,30?,31+,32?/m1/s1. The van der Waals surface area contributed by atoms with Crippen molar-refractivity contribution < 1.29 is 23.9 Å². The molecule has 2 aliphatic heterocycles. The van der Waals surface area contributed by atoms with Crippen LogP contribution >= 0.6 is 0 Å². The number of methoxy groups -OCH3 is 1. The van der Waals surface area contributed by atoms with Crippen LogP contribution in [-0.2, 0) is 23.9 Å². The van der Waals surface area contributed by atoms with Gasteiger partial charge in [-0.1, -0.05) is 58.1 Å². The quantitative estimate of drug-likeness (QED) is 0.197. The Hall–Kier alpha value is -2.05. The topological polar surface area (TPSA) is 72.9 Å². The SMILES string of the molecule is COC(C[C@]1(C)CC[C@@H](C)C(C(=O)CC2(C=O)CCCCN2C=O)O1)/C(C)=C/C=C/C=C/C(C)CC(C)C. The maximum absolute atomic E-state index is 13.5. The van der Waals surface area contributed by atoms with Crippen LogP contribution in [0.2, 0.25) is 0 Å². The predicted molar refractivity (Wildman–Crippen MR) is 153 cm³/mol. The Balaban J connectivity index is 2.06. The van der Waals surface area contributed by atoms with Crippen molar-refractivity contribution in [3.8, 4) is 0 Å². The van der Waals surface area contributed by atoms with Crippen molar-refractivity contribution in [2.45, 2.75) is 116 Å². The fourth-order valence-electron chi connectivity index (χ4n) is 5.97. The highest BCUT2D eigenvalue weighted by atomic mass is 16.5. The van der Waals surface area contributed by atoms with E-state index in [1.54, 1.807) is 7.11 Å². The lowest BCUT2D eigenvalue weighted by atomic mass is 9.78. The van der Waals surface area contributed by atoms with Crippen molar-refractivity contribution in [3.05, 3.63) is 36.0 Å². The van der Waals surface area contributed by atoms with Gasteiger partial charge in [0.15, 0.2) is 5.78 Å². The van der Waals surface area contributed by atoms with E-state index in [1.807, 2.05) is 13.0 Å². The van der Waals surface area contributed by atoms with E-state index in [2.05, 4.69) is 58.9 Å². The summed E-state index contributed by atoms with van der Waals surface area (Å²) in [6.07, 6.45) is 17.0. The Bertz CT molecular complexity index is 877. The van der Waals surface area contributed by atoms with Gasteiger partial charge in [-0.25, -0.2) is 0 Å². The first kappa shape index (κ1) is 32.2. The van der Waals surface area contributed by atoms with Gasteiger partial charge in [0, 0.05) is 26.5 Å². The summed E-state index contributed by atoms with van der Waals surface area (Å²) in [7, 11) is 1.71. The molecule has 0 N–H and O–H groups in total. The first-order chi connectivity index (χ1) is 18.0. The van der Waals surface area contributed by atoms with E-state index in [4.69, 9.17) is 9.47 Å². The Morgan fingerprint density at radius 3 is 2.50 bits per heavy atom. The Labute approximate surface area is 230 Å². The summed E-state index contributed by atoms with van der Waals surface area (Å²) >= 11 is 0. The molecule has 0 radical (unpaired) electrons. The first-order valence-electron chi connectivity index (χ1n) is 14.4. The van der Waals surface area contributed by atoms with Gasteiger partial charge >= 0.3 is 0 Å². The van der Waals surface area contributed by atoms with Gasteiger partial charge in [0.1, 0.15) is 17.9 Å². The number of amides is 1. The van der Waals surface area contributed by atoms with Crippen molar-refractivity contribution >= 4 is 18.5 Å². The molecule has 0 aromatic carbocycles. The molecule has 2 rings (SSSR count). The summed E-state index contributed by atoms with van der Waals surface area (Å²) in [5, 5.41) is 0. The molecule has 0 aromatic rings. The molecule has 2 heterocycles. The number of likely N-dealkylation sites (tertiary alicyclic amines) is 1. The maximum atomic E-state index is 13.5. The van der Waals surface area contributed by atoms with Crippen molar-refractivity contribution in [1.29, 1.82) is 0 Å². The second-order valence-corrected chi connectivity index (χ2v) is 12.3. The number of carbonyl (C=O) groups excluding carboxylic acids is 3. The highest BCUT2D eigenvalue weighted by Crippen LogP contribution is 2.39. The van der Waals surface area contributed by atoms with Crippen molar-refractivity contribution in [1.82, 2.24) is 4.90 Å². The zero-order valence-electron chi connectivity index (χ0n) is 24.8. The highest BCUT2D eigenvalue weighted by molar-refractivity contribution is 5.89. The molecule has 38 heavy (non-hydrogen) atoms. The number of ether oxygens (including phenoxy) is 2. The van der Waals surface area contributed by atoms with E-state index in [9.17, 15) is 14.4 Å². The Morgan fingerprint density at radius 2 is 1.87 bits per heavy atom. The van der Waals surface area contributed by atoms with E-state index in [0.717, 1.165) is 37.5 Å². The Morgan fingerprint density at radius 1 is 1.13 bits per heavy atom.